The zero-order valence-corrected chi connectivity index (χ0v) is 11.7. The number of aromatic nitrogens is 2. The standard InChI is InChI=1S/C14H23N3O/c1-9(2)18-13-8-11(4)16-14(17-13)15-10(3)7-12-5-6-12/h8-10,12H,5-7H2,1-4H3,(H,15,16,17). The first kappa shape index (κ1) is 13.1. The molecule has 1 fully saturated rings. The molecule has 0 amide bonds. The number of nitrogens with one attached hydrogen (secondary N) is 1. The molecule has 18 heavy (non-hydrogen) atoms. The normalized spacial score (nSPS) is 16.7. The lowest BCUT2D eigenvalue weighted by atomic mass is 10.2. The summed E-state index contributed by atoms with van der Waals surface area (Å²) in [5, 5.41) is 3.37. The molecule has 1 saturated carbocycles. The number of hydrogen-bond acceptors (Lipinski definition) is 4. The minimum atomic E-state index is 0.135. The maximum absolute atomic E-state index is 5.62. The van der Waals surface area contributed by atoms with E-state index in [0.717, 1.165) is 11.6 Å². The van der Waals surface area contributed by atoms with Gasteiger partial charge in [0.15, 0.2) is 0 Å². The van der Waals surface area contributed by atoms with Crippen molar-refractivity contribution in [3.8, 4) is 5.88 Å². The van der Waals surface area contributed by atoms with Crippen LogP contribution in [0.3, 0.4) is 0 Å². The average Bonchev–Trinajstić information content (AvgIpc) is 2.98. The predicted molar refractivity (Wildman–Crippen MR) is 73.0 cm³/mol. The molecule has 1 N–H and O–H groups in total. The van der Waals surface area contributed by atoms with Crippen molar-refractivity contribution in [1.29, 1.82) is 0 Å². The third-order valence-corrected chi connectivity index (χ3v) is 2.95. The summed E-state index contributed by atoms with van der Waals surface area (Å²) in [4.78, 5) is 8.80. The molecule has 2 rings (SSSR count). The Morgan fingerprint density at radius 1 is 1.33 bits per heavy atom. The Labute approximate surface area is 109 Å². The molecular weight excluding hydrogens is 226 g/mol. The van der Waals surface area contributed by atoms with Crippen LogP contribution in [0.4, 0.5) is 5.95 Å². The summed E-state index contributed by atoms with van der Waals surface area (Å²) in [6.45, 7) is 8.15. The lowest BCUT2D eigenvalue weighted by molar-refractivity contribution is 0.232. The number of aryl methyl sites for hydroxylation is 1. The van der Waals surface area contributed by atoms with Gasteiger partial charge in [0.2, 0.25) is 11.8 Å². The molecule has 0 bridgehead atoms. The van der Waals surface area contributed by atoms with E-state index in [-0.39, 0.29) is 6.10 Å². The maximum Gasteiger partial charge on any atom is 0.226 e. The second-order valence-electron chi connectivity index (χ2n) is 5.56. The minimum absolute atomic E-state index is 0.135. The van der Waals surface area contributed by atoms with Crippen LogP contribution < -0.4 is 10.1 Å². The van der Waals surface area contributed by atoms with Crippen molar-refractivity contribution < 1.29 is 4.74 Å². The molecule has 0 aliphatic heterocycles. The van der Waals surface area contributed by atoms with Gasteiger partial charge in [-0.1, -0.05) is 12.8 Å². The third kappa shape index (κ3) is 4.17. The highest BCUT2D eigenvalue weighted by Gasteiger charge is 2.23. The summed E-state index contributed by atoms with van der Waals surface area (Å²) in [6.07, 6.45) is 4.10. The van der Waals surface area contributed by atoms with Crippen molar-refractivity contribution in [3.63, 3.8) is 0 Å². The fourth-order valence-electron chi connectivity index (χ4n) is 2.04. The van der Waals surface area contributed by atoms with Gasteiger partial charge in [-0.2, -0.15) is 4.98 Å². The first-order chi connectivity index (χ1) is 8.52. The minimum Gasteiger partial charge on any atom is -0.475 e. The summed E-state index contributed by atoms with van der Waals surface area (Å²) in [7, 11) is 0. The Balaban J connectivity index is 1.99. The van der Waals surface area contributed by atoms with Gasteiger partial charge in [0.1, 0.15) is 0 Å². The molecule has 4 heteroatoms. The van der Waals surface area contributed by atoms with Crippen LogP contribution in [0.5, 0.6) is 5.88 Å². The maximum atomic E-state index is 5.62. The molecule has 0 aromatic carbocycles. The largest absolute Gasteiger partial charge is 0.475 e. The van der Waals surface area contributed by atoms with E-state index in [1.807, 2.05) is 26.8 Å². The molecule has 0 spiro atoms. The first-order valence-corrected chi connectivity index (χ1v) is 6.82. The number of ether oxygens (including phenoxy) is 1. The Morgan fingerprint density at radius 3 is 2.67 bits per heavy atom. The van der Waals surface area contributed by atoms with Crippen LogP contribution in [-0.2, 0) is 0 Å². The Kier molecular flexibility index (Phi) is 4.04. The van der Waals surface area contributed by atoms with Crippen LogP contribution in [-0.4, -0.2) is 22.1 Å². The SMILES string of the molecule is Cc1cc(OC(C)C)nc(NC(C)CC2CC2)n1. The predicted octanol–water partition coefficient (Wildman–Crippen LogP) is 3.17. The van der Waals surface area contributed by atoms with E-state index in [0.29, 0.717) is 17.9 Å². The van der Waals surface area contributed by atoms with Crippen LogP contribution in [0.1, 0.15) is 45.7 Å². The first-order valence-electron chi connectivity index (χ1n) is 6.82. The molecule has 0 radical (unpaired) electrons. The van der Waals surface area contributed by atoms with Crippen LogP contribution in [0.15, 0.2) is 6.07 Å². The van der Waals surface area contributed by atoms with E-state index in [2.05, 4.69) is 22.2 Å². The van der Waals surface area contributed by atoms with Gasteiger partial charge in [-0.3, -0.25) is 0 Å². The van der Waals surface area contributed by atoms with E-state index in [9.17, 15) is 0 Å². The highest BCUT2D eigenvalue weighted by molar-refractivity contribution is 5.31. The fraction of sp³-hybridized carbons (Fsp3) is 0.714. The number of anilines is 1. The molecule has 0 saturated heterocycles. The van der Waals surface area contributed by atoms with Crippen LogP contribution in [0.25, 0.3) is 0 Å². The molecule has 1 aliphatic carbocycles. The van der Waals surface area contributed by atoms with Gasteiger partial charge in [0.05, 0.1) is 6.10 Å². The molecule has 1 atom stereocenters. The van der Waals surface area contributed by atoms with Gasteiger partial charge >= 0.3 is 0 Å². The Morgan fingerprint density at radius 2 is 2.06 bits per heavy atom. The van der Waals surface area contributed by atoms with Gasteiger partial charge in [-0.15, -0.1) is 0 Å². The Hall–Kier alpha value is -1.32. The zero-order chi connectivity index (χ0) is 13.1. The second-order valence-corrected chi connectivity index (χ2v) is 5.56. The monoisotopic (exact) mass is 249 g/mol. The van der Waals surface area contributed by atoms with Gasteiger partial charge < -0.3 is 10.1 Å². The van der Waals surface area contributed by atoms with Crippen LogP contribution in [0.2, 0.25) is 0 Å². The van der Waals surface area contributed by atoms with E-state index in [1.54, 1.807) is 0 Å². The van der Waals surface area contributed by atoms with Gasteiger partial charge in [0.25, 0.3) is 0 Å². The summed E-state index contributed by atoms with van der Waals surface area (Å²) >= 11 is 0. The molecule has 1 aliphatic rings. The summed E-state index contributed by atoms with van der Waals surface area (Å²) in [6, 6.07) is 2.29. The number of nitrogens with zero attached hydrogens (tertiary/aromatic N) is 2. The smallest absolute Gasteiger partial charge is 0.226 e. The van der Waals surface area contributed by atoms with Gasteiger partial charge in [0, 0.05) is 17.8 Å². The van der Waals surface area contributed by atoms with E-state index < -0.39 is 0 Å². The lowest BCUT2D eigenvalue weighted by Gasteiger charge is -2.15. The molecular formula is C14H23N3O. The number of hydrogen-bond donors (Lipinski definition) is 1. The highest BCUT2D eigenvalue weighted by Crippen LogP contribution is 2.33. The van der Waals surface area contributed by atoms with Crippen molar-refractivity contribution in [3.05, 3.63) is 11.8 Å². The summed E-state index contributed by atoms with van der Waals surface area (Å²) < 4.78 is 5.62. The fourth-order valence-corrected chi connectivity index (χ4v) is 2.04. The zero-order valence-electron chi connectivity index (χ0n) is 11.7. The summed E-state index contributed by atoms with van der Waals surface area (Å²) in [5.41, 5.74) is 0.932. The molecule has 1 unspecified atom stereocenters. The van der Waals surface area contributed by atoms with Crippen molar-refractivity contribution in [2.75, 3.05) is 5.32 Å². The van der Waals surface area contributed by atoms with E-state index >= 15 is 0 Å². The number of rotatable bonds is 6. The molecule has 1 heterocycles. The average molecular weight is 249 g/mol. The van der Waals surface area contributed by atoms with Gasteiger partial charge in [-0.25, -0.2) is 4.98 Å². The Bertz CT molecular complexity index is 402. The molecule has 4 nitrogen and oxygen atoms in total. The molecule has 100 valence electrons. The highest BCUT2D eigenvalue weighted by atomic mass is 16.5. The van der Waals surface area contributed by atoms with Crippen molar-refractivity contribution in [2.24, 2.45) is 5.92 Å². The molecule has 1 aromatic rings. The van der Waals surface area contributed by atoms with Crippen LogP contribution in [0, 0.1) is 12.8 Å². The van der Waals surface area contributed by atoms with Crippen molar-refractivity contribution in [2.45, 2.75) is 59.1 Å². The third-order valence-electron chi connectivity index (χ3n) is 2.95. The topological polar surface area (TPSA) is 47.0 Å². The van der Waals surface area contributed by atoms with E-state index in [1.165, 1.54) is 19.3 Å². The quantitative estimate of drug-likeness (QED) is 0.841. The second kappa shape index (κ2) is 5.55. The molecule has 1 aromatic heterocycles. The lowest BCUT2D eigenvalue weighted by Crippen LogP contribution is -2.18. The van der Waals surface area contributed by atoms with E-state index in [4.69, 9.17) is 4.74 Å². The van der Waals surface area contributed by atoms with Crippen molar-refractivity contribution in [1.82, 2.24) is 9.97 Å². The van der Waals surface area contributed by atoms with Crippen LogP contribution >= 0.6 is 0 Å². The summed E-state index contributed by atoms with van der Waals surface area (Å²) in [5.74, 6) is 2.24. The van der Waals surface area contributed by atoms with Gasteiger partial charge in [-0.05, 0) is 40.0 Å². The van der Waals surface area contributed by atoms with Crippen molar-refractivity contribution >= 4 is 5.95 Å².